The van der Waals surface area contributed by atoms with Crippen molar-refractivity contribution in [2.45, 2.75) is 82.0 Å². The second kappa shape index (κ2) is 6.97. The van der Waals surface area contributed by atoms with E-state index in [2.05, 4.69) is 21.7 Å². The van der Waals surface area contributed by atoms with Crippen molar-refractivity contribution in [1.29, 1.82) is 0 Å². The summed E-state index contributed by atoms with van der Waals surface area (Å²) >= 11 is 0. The van der Waals surface area contributed by atoms with Crippen LogP contribution in [0, 0.1) is 0 Å². The Balaban J connectivity index is 1.45. The zero-order valence-corrected chi connectivity index (χ0v) is 16.1. The largest absolute Gasteiger partial charge is 0.382 e. The number of carbonyl (C=O) groups excluding carboxylic acids is 1. The number of imidazole rings is 1. The van der Waals surface area contributed by atoms with Crippen molar-refractivity contribution in [2.24, 2.45) is 7.05 Å². The first kappa shape index (κ1) is 18.0. The molecule has 1 N–H and O–H groups in total. The number of aromatic nitrogens is 2. The summed E-state index contributed by atoms with van der Waals surface area (Å²) in [7, 11) is 1.94. The van der Waals surface area contributed by atoms with Crippen molar-refractivity contribution in [3.63, 3.8) is 0 Å². The van der Waals surface area contributed by atoms with E-state index in [1.54, 1.807) is 6.20 Å². The Kier molecular flexibility index (Phi) is 4.82. The van der Waals surface area contributed by atoms with Crippen LogP contribution in [0.1, 0.15) is 64.1 Å². The summed E-state index contributed by atoms with van der Waals surface area (Å²) in [6.45, 7) is 3.62. The number of rotatable bonds is 4. The molecule has 1 amide bonds. The van der Waals surface area contributed by atoms with Crippen molar-refractivity contribution in [3.05, 3.63) is 18.2 Å². The number of aryl methyl sites for hydroxylation is 1. The van der Waals surface area contributed by atoms with Gasteiger partial charge in [0.15, 0.2) is 0 Å². The SMILES string of the molecule is CCC1CCCCN1C(=O)CN1C2CCC1CC(O)(c1nccn1C)C2. The van der Waals surface area contributed by atoms with Gasteiger partial charge in [0.05, 0.1) is 6.54 Å². The van der Waals surface area contributed by atoms with Gasteiger partial charge in [-0.3, -0.25) is 9.69 Å². The van der Waals surface area contributed by atoms with Crippen LogP contribution in [0.15, 0.2) is 12.4 Å². The lowest BCUT2D eigenvalue weighted by Crippen LogP contribution is -2.55. The van der Waals surface area contributed by atoms with Gasteiger partial charge in [0, 0.05) is 44.1 Å². The van der Waals surface area contributed by atoms with E-state index < -0.39 is 5.60 Å². The van der Waals surface area contributed by atoms with E-state index in [1.807, 2.05) is 17.8 Å². The Morgan fingerprint density at radius 3 is 2.62 bits per heavy atom. The van der Waals surface area contributed by atoms with Gasteiger partial charge in [0.25, 0.3) is 0 Å². The zero-order chi connectivity index (χ0) is 18.3. The number of aliphatic hydroxyl groups is 1. The summed E-state index contributed by atoms with van der Waals surface area (Å²) in [5.74, 6) is 1.05. The predicted octanol–water partition coefficient (Wildman–Crippen LogP) is 2.03. The van der Waals surface area contributed by atoms with Crippen molar-refractivity contribution in [1.82, 2.24) is 19.4 Å². The zero-order valence-electron chi connectivity index (χ0n) is 16.1. The van der Waals surface area contributed by atoms with Gasteiger partial charge in [0.1, 0.15) is 11.4 Å². The fourth-order valence-corrected chi connectivity index (χ4v) is 5.57. The standard InChI is InChI=1S/C20H32N4O2/c1-3-15-6-4-5-10-23(15)18(25)14-24-16-7-8-17(24)13-20(26,12-16)19-21-9-11-22(19)2/h9,11,15-17,26H,3-8,10,12-14H2,1-2H3. The number of hydrogen-bond donors (Lipinski definition) is 1. The maximum Gasteiger partial charge on any atom is 0.237 e. The van der Waals surface area contributed by atoms with Crippen LogP contribution in [0.5, 0.6) is 0 Å². The van der Waals surface area contributed by atoms with Gasteiger partial charge in [-0.2, -0.15) is 0 Å². The smallest absolute Gasteiger partial charge is 0.237 e. The van der Waals surface area contributed by atoms with Crippen LogP contribution in [-0.2, 0) is 17.4 Å². The highest BCUT2D eigenvalue weighted by molar-refractivity contribution is 5.79. The summed E-state index contributed by atoms with van der Waals surface area (Å²) in [4.78, 5) is 21.9. The summed E-state index contributed by atoms with van der Waals surface area (Å²) in [6.07, 6.45) is 11.7. The number of likely N-dealkylation sites (tertiary alicyclic amines) is 1. The number of carbonyl (C=O) groups is 1. The van der Waals surface area contributed by atoms with Gasteiger partial charge >= 0.3 is 0 Å². The monoisotopic (exact) mass is 360 g/mol. The number of amides is 1. The molecular formula is C20H32N4O2. The number of piperidine rings is 2. The molecule has 4 heterocycles. The highest BCUT2D eigenvalue weighted by atomic mass is 16.3. The molecule has 3 saturated heterocycles. The van der Waals surface area contributed by atoms with E-state index in [1.165, 1.54) is 6.42 Å². The molecule has 3 fully saturated rings. The summed E-state index contributed by atoms with van der Waals surface area (Å²) in [6, 6.07) is 0.983. The van der Waals surface area contributed by atoms with Gasteiger partial charge in [-0.05, 0) is 51.4 Å². The third-order valence-electron chi connectivity index (χ3n) is 6.89. The Bertz CT molecular complexity index is 644. The first-order chi connectivity index (χ1) is 12.5. The molecule has 3 unspecified atom stereocenters. The molecule has 0 spiro atoms. The average molecular weight is 361 g/mol. The highest BCUT2D eigenvalue weighted by Crippen LogP contribution is 2.45. The molecule has 2 bridgehead atoms. The highest BCUT2D eigenvalue weighted by Gasteiger charge is 2.50. The minimum Gasteiger partial charge on any atom is -0.382 e. The molecule has 3 atom stereocenters. The van der Waals surface area contributed by atoms with Crippen LogP contribution in [0.4, 0.5) is 0 Å². The second-order valence-electron chi connectivity index (χ2n) is 8.50. The number of fused-ring (bicyclic) bond motifs is 2. The van der Waals surface area contributed by atoms with E-state index in [0.29, 0.717) is 25.4 Å². The third-order valence-corrected chi connectivity index (χ3v) is 6.89. The summed E-state index contributed by atoms with van der Waals surface area (Å²) in [5.41, 5.74) is -0.860. The second-order valence-corrected chi connectivity index (χ2v) is 8.50. The van der Waals surface area contributed by atoms with Crippen molar-refractivity contribution < 1.29 is 9.90 Å². The molecule has 3 aliphatic rings. The lowest BCUT2D eigenvalue weighted by Gasteiger charge is -2.44. The van der Waals surface area contributed by atoms with Gasteiger partial charge in [0.2, 0.25) is 5.91 Å². The van der Waals surface area contributed by atoms with Crippen molar-refractivity contribution in [2.75, 3.05) is 13.1 Å². The third kappa shape index (κ3) is 3.07. The van der Waals surface area contributed by atoms with Crippen LogP contribution in [-0.4, -0.2) is 61.6 Å². The Hall–Kier alpha value is -1.40. The molecule has 1 aromatic rings. The fraction of sp³-hybridized carbons (Fsp3) is 0.800. The van der Waals surface area contributed by atoms with E-state index in [9.17, 15) is 9.90 Å². The van der Waals surface area contributed by atoms with Gasteiger partial charge in [-0.1, -0.05) is 6.92 Å². The maximum absolute atomic E-state index is 13.0. The molecule has 144 valence electrons. The minimum absolute atomic E-state index is 0.282. The molecule has 6 heteroatoms. The van der Waals surface area contributed by atoms with E-state index >= 15 is 0 Å². The normalized spacial score (nSPS) is 35.0. The Morgan fingerprint density at radius 1 is 1.27 bits per heavy atom. The molecule has 0 aliphatic carbocycles. The molecule has 6 nitrogen and oxygen atoms in total. The topological polar surface area (TPSA) is 61.6 Å². The molecule has 3 aliphatic heterocycles. The molecule has 0 saturated carbocycles. The Morgan fingerprint density at radius 2 is 2.00 bits per heavy atom. The van der Waals surface area contributed by atoms with Crippen LogP contribution in [0.25, 0.3) is 0 Å². The van der Waals surface area contributed by atoms with Crippen LogP contribution in [0.3, 0.4) is 0 Å². The van der Waals surface area contributed by atoms with Crippen molar-refractivity contribution >= 4 is 5.91 Å². The van der Waals surface area contributed by atoms with Gasteiger partial charge in [-0.15, -0.1) is 0 Å². The molecule has 0 aromatic carbocycles. The number of nitrogens with zero attached hydrogens (tertiary/aromatic N) is 4. The lowest BCUT2D eigenvalue weighted by molar-refractivity contribution is -0.139. The van der Waals surface area contributed by atoms with E-state index in [0.717, 1.165) is 44.5 Å². The maximum atomic E-state index is 13.0. The van der Waals surface area contributed by atoms with Crippen LogP contribution in [0.2, 0.25) is 0 Å². The molecule has 26 heavy (non-hydrogen) atoms. The Labute approximate surface area is 156 Å². The summed E-state index contributed by atoms with van der Waals surface area (Å²) in [5, 5.41) is 11.3. The predicted molar refractivity (Wildman–Crippen MR) is 99.5 cm³/mol. The molecule has 1 aromatic heterocycles. The molecule has 4 rings (SSSR count). The average Bonchev–Trinajstić information content (AvgIpc) is 3.17. The quantitative estimate of drug-likeness (QED) is 0.892. The fourth-order valence-electron chi connectivity index (χ4n) is 5.57. The first-order valence-electron chi connectivity index (χ1n) is 10.3. The van der Waals surface area contributed by atoms with Gasteiger partial charge in [-0.25, -0.2) is 4.98 Å². The number of hydrogen-bond acceptors (Lipinski definition) is 4. The van der Waals surface area contributed by atoms with Crippen LogP contribution < -0.4 is 0 Å². The van der Waals surface area contributed by atoms with Crippen molar-refractivity contribution in [3.8, 4) is 0 Å². The minimum atomic E-state index is -0.860. The van der Waals surface area contributed by atoms with Gasteiger partial charge < -0.3 is 14.6 Å². The lowest BCUT2D eigenvalue weighted by atomic mass is 9.85. The molecule has 0 radical (unpaired) electrons. The molecular weight excluding hydrogens is 328 g/mol. The van der Waals surface area contributed by atoms with E-state index in [4.69, 9.17) is 0 Å². The van der Waals surface area contributed by atoms with E-state index in [-0.39, 0.29) is 18.0 Å². The van der Waals surface area contributed by atoms with Crippen LogP contribution >= 0.6 is 0 Å². The summed E-state index contributed by atoms with van der Waals surface area (Å²) < 4.78 is 1.93. The first-order valence-corrected chi connectivity index (χ1v) is 10.3.